The maximum absolute atomic E-state index is 13.7. The molecule has 0 spiro atoms. The maximum atomic E-state index is 13.7. The number of anilines is 3. The maximum Gasteiger partial charge on any atom is 2.00 e. The smallest absolute Gasteiger partial charge is 0.343 e. The Hall–Kier alpha value is -5.55. The van der Waals surface area contributed by atoms with Crippen molar-refractivity contribution in [1.82, 2.24) is 29.5 Å². The summed E-state index contributed by atoms with van der Waals surface area (Å²) >= 11 is 0. The molecule has 0 fully saturated rings. The van der Waals surface area contributed by atoms with Crippen molar-refractivity contribution in [1.29, 1.82) is 0 Å². The molecule has 0 saturated carbocycles. The Bertz CT molecular complexity index is 2180. The number of benzene rings is 3. The third-order valence-electron chi connectivity index (χ3n) is 8.06. The standard InChI is InChI=1S/C38H25F6N7.Pt/c1-24-10-9-11-25(2)34(24)51(32-18-16-28(26-12-5-3-6-13-26)35(45-32)49-22-20-30(47-49)37(39,40)41)33-19-17-29(27-14-7-4-8-15-27)36(46-33)50-23-21-31(48-50)38(42,43)44;/h3-21H,1-2H3;/q-2;+2. The Morgan fingerprint density at radius 2 is 0.942 bits per heavy atom. The molecule has 0 atom stereocenters. The van der Waals surface area contributed by atoms with Gasteiger partial charge in [-0.15, -0.1) is 12.1 Å². The Labute approximate surface area is 308 Å². The normalized spacial score (nSPS) is 11.7. The van der Waals surface area contributed by atoms with E-state index in [1.54, 1.807) is 77.7 Å². The van der Waals surface area contributed by atoms with E-state index in [0.29, 0.717) is 27.9 Å². The molecular weight excluding hydrogens is 864 g/mol. The van der Waals surface area contributed by atoms with E-state index in [-0.39, 0.29) is 44.3 Å². The summed E-state index contributed by atoms with van der Waals surface area (Å²) in [5.74, 6) is 0.598. The van der Waals surface area contributed by atoms with Crippen LogP contribution in [0, 0.1) is 26.2 Å². The Kier molecular flexibility index (Phi) is 9.92. The zero-order valence-corrected chi connectivity index (χ0v) is 29.5. The quantitative estimate of drug-likeness (QED) is 0.118. The predicted molar refractivity (Wildman–Crippen MR) is 179 cm³/mol. The summed E-state index contributed by atoms with van der Waals surface area (Å²) in [6, 6.07) is 31.9. The molecule has 0 saturated heterocycles. The Morgan fingerprint density at radius 3 is 1.31 bits per heavy atom. The molecule has 264 valence electrons. The Morgan fingerprint density at radius 1 is 0.538 bits per heavy atom. The van der Waals surface area contributed by atoms with E-state index in [0.717, 1.165) is 32.6 Å². The number of aromatic nitrogens is 6. The van der Waals surface area contributed by atoms with Crippen LogP contribution in [-0.2, 0) is 33.4 Å². The van der Waals surface area contributed by atoms with Crippen molar-refractivity contribution in [3.63, 3.8) is 0 Å². The van der Waals surface area contributed by atoms with Crippen LogP contribution in [-0.4, -0.2) is 29.5 Å². The van der Waals surface area contributed by atoms with Crippen LogP contribution in [0.15, 0.2) is 115 Å². The summed E-state index contributed by atoms with van der Waals surface area (Å²) in [7, 11) is 0. The van der Waals surface area contributed by atoms with Gasteiger partial charge in [0, 0.05) is 0 Å². The number of nitrogens with zero attached hydrogens (tertiary/aromatic N) is 7. The average Bonchev–Trinajstić information content (AvgIpc) is 3.82. The fourth-order valence-electron chi connectivity index (χ4n) is 5.71. The molecule has 4 heterocycles. The minimum atomic E-state index is -4.72. The zero-order chi connectivity index (χ0) is 35.9. The summed E-state index contributed by atoms with van der Waals surface area (Å²) in [4.78, 5) is 11.5. The molecular formula is C38H25F6N7Pt. The molecule has 0 bridgehead atoms. The van der Waals surface area contributed by atoms with Crippen LogP contribution in [0.5, 0.6) is 0 Å². The number of halogens is 6. The minimum Gasteiger partial charge on any atom is -0.343 e. The zero-order valence-electron chi connectivity index (χ0n) is 27.2. The van der Waals surface area contributed by atoms with Crippen molar-refractivity contribution in [2.75, 3.05) is 4.90 Å². The first-order chi connectivity index (χ1) is 24.4. The van der Waals surface area contributed by atoms with Crippen LogP contribution in [0.1, 0.15) is 22.5 Å². The van der Waals surface area contributed by atoms with Gasteiger partial charge in [-0.1, -0.05) is 103 Å². The van der Waals surface area contributed by atoms with E-state index >= 15 is 0 Å². The first kappa shape index (κ1) is 36.2. The molecule has 14 heteroatoms. The summed E-state index contributed by atoms with van der Waals surface area (Å²) in [6.07, 6.45) is -4.31. The molecule has 4 aromatic heterocycles. The molecule has 3 aromatic carbocycles. The van der Waals surface area contributed by atoms with Crippen molar-refractivity contribution in [3.8, 4) is 33.9 Å². The van der Waals surface area contributed by atoms with Crippen molar-refractivity contribution in [2.24, 2.45) is 0 Å². The van der Waals surface area contributed by atoms with Gasteiger partial charge in [0.1, 0.15) is 11.6 Å². The third-order valence-corrected chi connectivity index (χ3v) is 8.06. The van der Waals surface area contributed by atoms with Gasteiger partial charge in [-0.25, -0.2) is 0 Å². The molecule has 52 heavy (non-hydrogen) atoms. The van der Waals surface area contributed by atoms with E-state index in [4.69, 9.17) is 9.97 Å². The third kappa shape index (κ3) is 7.13. The minimum absolute atomic E-state index is 0. The molecule has 0 aliphatic carbocycles. The van der Waals surface area contributed by atoms with Crippen LogP contribution in [0.3, 0.4) is 0 Å². The van der Waals surface area contributed by atoms with Crippen LogP contribution >= 0.6 is 0 Å². The van der Waals surface area contributed by atoms with E-state index in [1.807, 2.05) is 44.2 Å². The van der Waals surface area contributed by atoms with Crippen LogP contribution in [0.2, 0.25) is 0 Å². The van der Waals surface area contributed by atoms with Gasteiger partial charge in [0.05, 0.1) is 28.7 Å². The number of para-hydroxylation sites is 1. The second-order valence-electron chi connectivity index (χ2n) is 11.5. The molecule has 0 aliphatic heterocycles. The van der Waals surface area contributed by atoms with Crippen molar-refractivity contribution in [2.45, 2.75) is 26.2 Å². The molecule has 0 N–H and O–H groups in total. The van der Waals surface area contributed by atoms with Gasteiger partial charge >= 0.3 is 33.4 Å². The molecule has 0 amide bonds. The number of hydrogen-bond acceptors (Lipinski definition) is 5. The van der Waals surface area contributed by atoms with Gasteiger partial charge in [0.15, 0.2) is 0 Å². The predicted octanol–water partition coefficient (Wildman–Crippen LogP) is 9.90. The Balaban J connectivity index is 0.00000464. The first-order valence-electron chi connectivity index (χ1n) is 15.5. The van der Waals surface area contributed by atoms with Gasteiger partial charge < -0.3 is 9.36 Å². The number of pyridine rings is 2. The summed E-state index contributed by atoms with van der Waals surface area (Å²) in [6.45, 7) is 3.75. The molecule has 0 aliphatic rings. The van der Waals surface area contributed by atoms with Crippen LogP contribution in [0.25, 0.3) is 33.9 Å². The van der Waals surface area contributed by atoms with Crippen molar-refractivity contribution < 1.29 is 47.4 Å². The van der Waals surface area contributed by atoms with E-state index < -0.39 is 23.7 Å². The largest absolute Gasteiger partial charge is 2.00 e. The van der Waals surface area contributed by atoms with Crippen molar-refractivity contribution >= 4 is 17.3 Å². The molecule has 0 unspecified atom stereocenters. The number of hydrogen-bond donors (Lipinski definition) is 0. The molecule has 7 aromatic rings. The number of alkyl halides is 6. The second-order valence-corrected chi connectivity index (χ2v) is 11.5. The van der Waals surface area contributed by atoms with E-state index in [2.05, 4.69) is 22.6 Å². The number of aryl methyl sites for hydroxylation is 2. The van der Waals surface area contributed by atoms with Gasteiger partial charge in [-0.2, -0.15) is 26.3 Å². The summed E-state index contributed by atoms with van der Waals surface area (Å²) in [5, 5.41) is 7.54. The van der Waals surface area contributed by atoms with Crippen molar-refractivity contribution in [3.05, 3.63) is 150 Å². The van der Waals surface area contributed by atoms with E-state index in [9.17, 15) is 26.3 Å². The fraction of sp³-hybridized carbons (Fsp3) is 0.105. The molecule has 0 radical (unpaired) electrons. The SMILES string of the molecule is Cc1cccc(C)c1N(c1ccc(-c2ccccc2)c(-n2[c-]cc(C(F)(F)F)n2)n1)c1ccc(-c2ccccc2)c(-n2[c-]cc(C(F)(F)F)n2)n1.[Pt+2]. The van der Waals surface area contributed by atoms with E-state index in [1.165, 1.54) is 0 Å². The second kappa shape index (κ2) is 14.2. The van der Waals surface area contributed by atoms with Gasteiger partial charge in [-0.05, 0) is 59.4 Å². The van der Waals surface area contributed by atoms with Crippen LogP contribution < -0.4 is 4.90 Å². The van der Waals surface area contributed by atoms with Gasteiger partial charge in [-0.3, -0.25) is 25.1 Å². The average molecular weight is 889 g/mol. The topological polar surface area (TPSA) is 64.7 Å². The van der Waals surface area contributed by atoms with Gasteiger partial charge in [0.2, 0.25) is 0 Å². The number of rotatable bonds is 7. The molecule has 7 rings (SSSR count). The van der Waals surface area contributed by atoms with Gasteiger partial charge in [0.25, 0.3) is 0 Å². The molecule has 7 nitrogen and oxygen atoms in total. The fourth-order valence-corrected chi connectivity index (χ4v) is 5.71. The monoisotopic (exact) mass is 888 g/mol. The van der Waals surface area contributed by atoms with Crippen LogP contribution in [0.4, 0.5) is 43.7 Å². The summed E-state index contributed by atoms with van der Waals surface area (Å²) < 4.78 is 83.9. The first-order valence-corrected chi connectivity index (χ1v) is 15.5. The summed E-state index contributed by atoms with van der Waals surface area (Å²) in [5.41, 5.74) is 2.27.